The molecule has 1 aromatic rings. The van der Waals surface area contributed by atoms with Gasteiger partial charge in [0.1, 0.15) is 0 Å². The summed E-state index contributed by atoms with van der Waals surface area (Å²) in [6.45, 7) is 0. The number of nitrogens with zero attached hydrogens (tertiary/aromatic N) is 2. The van der Waals surface area contributed by atoms with Gasteiger partial charge in [0.2, 0.25) is 0 Å². The van der Waals surface area contributed by atoms with Gasteiger partial charge in [-0.2, -0.15) is 5.10 Å². The van der Waals surface area contributed by atoms with Crippen LogP contribution in [0, 0.1) is 0 Å². The second-order valence-corrected chi connectivity index (χ2v) is 7.62. The van der Waals surface area contributed by atoms with Crippen molar-refractivity contribution in [3.05, 3.63) is 16.4 Å². The zero-order valence-electron chi connectivity index (χ0n) is 9.63. The molecule has 0 radical (unpaired) electrons. The minimum Gasteiger partial charge on any atom is -0.322 e. The molecule has 2 atom stereocenters. The van der Waals surface area contributed by atoms with E-state index in [1.54, 1.807) is 17.9 Å². The van der Waals surface area contributed by atoms with E-state index >= 15 is 0 Å². The molecule has 1 aliphatic heterocycles. The van der Waals surface area contributed by atoms with E-state index in [2.05, 4.69) is 21.0 Å². The zero-order valence-corrected chi connectivity index (χ0v) is 12.0. The maximum Gasteiger partial charge on any atom is 0.155 e. The number of halogens is 1. The molecule has 1 aliphatic rings. The number of nitrogens with two attached hydrogens (primary N) is 1. The van der Waals surface area contributed by atoms with Crippen LogP contribution in [0.1, 0.15) is 31.0 Å². The van der Waals surface area contributed by atoms with Crippen molar-refractivity contribution in [3.8, 4) is 0 Å². The number of hydrogen-bond donors (Lipinski definition) is 1. The molecule has 7 heteroatoms. The van der Waals surface area contributed by atoms with Gasteiger partial charge in [-0.15, -0.1) is 0 Å². The molecule has 96 valence electrons. The molecule has 0 aromatic carbocycles. The van der Waals surface area contributed by atoms with Gasteiger partial charge in [0, 0.05) is 7.05 Å². The van der Waals surface area contributed by atoms with E-state index < -0.39 is 21.1 Å². The van der Waals surface area contributed by atoms with Gasteiger partial charge in [0.15, 0.2) is 9.84 Å². The maximum absolute atomic E-state index is 12.0. The average Bonchev–Trinajstić information content (AvgIpc) is 2.57. The largest absolute Gasteiger partial charge is 0.322 e. The molecule has 2 rings (SSSR count). The Morgan fingerprint density at radius 3 is 2.82 bits per heavy atom. The van der Waals surface area contributed by atoms with Crippen LogP contribution in [0.3, 0.4) is 0 Å². The Balaban J connectivity index is 2.34. The van der Waals surface area contributed by atoms with Crippen LogP contribution in [0.5, 0.6) is 0 Å². The third-order valence-corrected chi connectivity index (χ3v) is 6.20. The van der Waals surface area contributed by atoms with Gasteiger partial charge in [0.25, 0.3) is 0 Å². The summed E-state index contributed by atoms with van der Waals surface area (Å²) in [5.74, 6) is 0.251. The van der Waals surface area contributed by atoms with Crippen LogP contribution < -0.4 is 5.73 Å². The highest BCUT2D eigenvalue weighted by Crippen LogP contribution is 2.32. The predicted molar refractivity (Wildman–Crippen MR) is 69.3 cm³/mol. The van der Waals surface area contributed by atoms with Gasteiger partial charge in [-0.1, -0.05) is 6.42 Å². The molecular formula is C10H16BrN3O2S. The first-order chi connectivity index (χ1) is 7.93. The minimum atomic E-state index is -3.07. The highest BCUT2D eigenvalue weighted by molar-refractivity contribution is 9.10. The molecule has 0 aliphatic carbocycles. The van der Waals surface area contributed by atoms with Crippen molar-refractivity contribution in [2.75, 3.05) is 5.75 Å². The van der Waals surface area contributed by atoms with Gasteiger partial charge >= 0.3 is 0 Å². The summed E-state index contributed by atoms with van der Waals surface area (Å²) in [4.78, 5) is 0. The van der Waals surface area contributed by atoms with E-state index in [0.29, 0.717) is 6.42 Å². The van der Waals surface area contributed by atoms with Crippen LogP contribution in [0.2, 0.25) is 0 Å². The Kier molecular flexibility index (Phi) is 3.61. The molecule has 1 aromatic heterocycles. The van der Waals surface area contributed by atoms with Crippen LogP contribution in [-0.4, -0.2) is 29.2 Å². The van der Waals surface area contributed by atoms with E-state index in [-0.39, 0.29) is 5.75 Å². The van der Waals surface area contributed by atoms with Crippen LogP contribution >= 0.6 is 15.9 Å². The second kappa shape index (κ2) is 4.70. The molecular weight excluding hydrogens is 306 g/mol. The molecule has 5 nitrogen and oxygen atoms in total. The SMILES string of the molecule is Cn1ncc(Br)c1C(N)C1CCCCS1(=O)=O. The summed E-state index contributed by atoms with van der Waals surface area (Å²) in [6.07, 6.45) is 3.96. The molecule has 2 N–H and O–H groups in total. The van der Waals surface area contributed by atoms with Crippen LogP contribution in [0.15, 0.2) is 10.7 Å². The standard InChI is InChI=1S/C10H16BrN3O2S/c1-14-10(7(11)6-13-14)9(12)8-4-2-3-5-17(8,15)16/h6,8-9H,2-5,12H2,1H3. The fourth-order valence-corrected chi connectivity index (χ4v) is 4.98. The molecule has 0 bridgehead atoms. The molecule has 2 unspecified atom stereocenters. The van der Waals surface area contributed by atoms with Crippen molar-refractivity contribution in [3.63, 3.8) is 0 Å². The highest BCUT2D eigenvalue weighted by Gasteiger charge is 2.36. The summed E-state index contributed by atoms with van der Waals surface area (Å²) in [5.41, 5.74) is 6.87. The molecule has 17 heavy (non-hydrogen) atoms. The molecule has 2 heterocycles. The second-order valence-electron chi connectivity index (χ2n) is 4.43. The number of aryl methyl sites for hydroxylation is 1. The lowest BCUT2D eigenvalue weighted by Gasteiger charge is -2.27. The summed E-state index contributed by atoms with van der Waals surface area (Å²) in [7, 11) is -1.30. The van der Waals surface area contributed by atoms with Gasteiger partial charge < -0.3 is 5.73 Å². The lowest BCUT2D eigenvalue weighted by atomic mass is 10.1. The molecule has 1 saturated heterocycles. The third kappa shape index (κ3) is 2.41. The van der Waals surface area contributed by atoms with E-state index in [0.717, 1.165) is 23.0 Å². The Bertz CT molecular complexity index is 492. The first-order valence-corrected chi connectivity index (χ1v) is 8.09. The predicted octanol–water partition coefficient (Wildman–Crippen LogP) is 1.15. The normalized spacial score (nSPS) is 25.7. The molecule has 0 saturated carbocycles. The van der Waals surface area contributed by atoms with E-state index in [1.165, 1.54) is 0 Å². The van der Waals surface area contributed by atoms with Crippen LogP contribution in [0.25, 0.3) is 0 Å². The van der Waals surface area contributed by atoms with E-state index in [9.17, 15) is 8.42 Å². The summed E-state index contributed by atoms with van der Waals surface area (Å²) in [6, 6.07) is -0.512. The fourth-order valence-electron chi connectivity index (χ4n) is 2.35. The molecule has 0 spiro atoms. The van der Waals surface area contributed by atoms with Gasteiger partial charge in [-0.25, -0.2) is 8.42 Å². The lowest BCUT2D eigenvalue weighted by molar-refractivity contribution is 0.489. The zero-order chi connectivity index (χ0) is 12.6. The van der Waals surface area contributed by atoms with Crippen LogP contribution in [-0.2, 0) is 16.9 Å². The smallest absolute Gasteiger partial charge is 0.155 e. The van der Waals surface area contributed by atoms with Gasteiger partial charge in [-0.05, 0) is 28.8 Å². The first kappa shape index (κ1) is 13.0. The Labute approximate surface area is 109 Å². The Morgan fingerprint density at radius 1 is 1.59 bits per heavy atom. The van der Waals surface area contributed by atoms with Crippen LogP contribution in [0.4, 0.5) is 0 Å². The van der Waals surface area contributed by atoms with Gasteiger partial charge in [-0.3, -0.25) is 4.68 Å². The lowest BCUT2D eigenvalue weighted by Crippen LogP contribution is -2.38. The number of hydrogen-bond acceptors (Lipinski definition) is 4. The average molecular weight is 322 g/mol. The quantitative estimate of drug-likeness (QED) is 0.886. The van der Waals surface area contributed by atoms with Gasteiger partial charge in [0.05, 0.1) is 33.4 Å². The topological polar surface area (TPSA) is 78.0 Å². The van der Waals surface area contributed by atoms with E-state index in [1.807, 2.05) is 0 Å². The first-order valence-electron chi connectivity index (χ1n) is 5.58. The summed E-state index contributed by atoms with van der Waals surface area (Å²) < 4.78 is 26.4. The Morgan fingerprint density at radius 2 is 2.29 bits per heavy atom. The summed E-state index contributed by atoms with van der Waals surface area (Å²) in [5, 5.41) is 3.59. The van der Waals surface area contributed by atoms with Crippen molar-refractivity contribution in [2.24, 2.45) is 12.8 Å². The summed E-state index contributed by atoms with van der Waals surface area (Å²) >= 11 is 3.36. The van der Waals surface area contributed by atoms with Crippen molar-refractivity contribution < 1.29 is 8.42 Å². The van der Waals surface area contributed by atoms with Crippen molar-refractivity contribution >= 4 is 25.8 Å². The van der Waals surface area contributed by atoms with Crippen molar-refractivity contribution in [1.29, 1.82) is 0 Å². The number of aromatic nitrogens is 2. The minimum absolute atomic E-state index is 0.251. The third-order valence-electron chi connectivity index (χ3n) is 3.28. The van der Waals surface area contributed by atoms with Crippen molar-refractivity contribution in [1.82, 2.24) is 9.78 Å². The molecule has 0 amide bonds. The van der Waals surface area contributed by atoms with Crippen molar-refractivity contribution in [2.45, 2.75) is 30.6 Å². The highest BCUT2D eigenvalue weighted by atomic mass is 79.9. The number of rotatable bonds is 2. The monoisotopic (exact) mass is 321 g/mol. The maximum atomic E-state index is 12.0. The Hall–Kier alpha value is -0.400. The van der Waals surface area contributed by atoms with E-state index in [4.69, 9.17) is 5.73 Å². The number of sulfone groups is 1. The fraction of sp³-hybridized carbons (Fsp3) is 0.700. The molecule has 1 fully saturated rings.